The summed E-state index contributed by atoms with van der Waals surface area (Å²) in [5.74, 6) is -0.358. The lowest BCUT2D eigenvalue weighted by Gasteiger charge is -1.99. The van der Waals surface area contributed by atoms with Crippen LogP contribution in [0.4, 0.5) is 0 Å². The molecule has 0 fully saturated rings. The average molecular weight is 248 g/mol. The fourth-order valence-electron chi connectivity index (χ4n) is 1.58. The van der Waals surface area contributed by atoms with Crippen molar-refractivity contribution in [1.29, 1.82) is 0 Å². The Morgan fingerprint density at radius 2 is 2.28 bits per heavy atom. The molecule has 0 aromatic carbocycles. The zero-order valence-electron chi connectivity index (χ0n) is 10.1. The molecular formula is C13H12O5. The summed E-state index contributed by atoms with van der Waals surface area (Å²) in [5, 5.41) is 0. The fraction of sp³-hybridized carbons (Fsp3) is 0.231. The van der Waals surface area contributed by atoms with E-state index >= 15 is 0 Å². The van der Waals surface area contributed by atoms with Crippen LogP contribution in [0.2, 0.25) is 0 Å². The van der Waals surface area contributed by atoms with Gasteiger partial charge in [0.2, 0.25) is 5.78 Å². The Balaban J connectivity index is 2.24. The Labute approximate surface area is 104 Å². The van der Waals surface area contributed by atoms with E-state index in [9.17, 15) is 9.59 Å². The van der Waals surface area contributed by atoms with Gasteiger partial charge >= 0.3 is 5.97 Å². The average Bonchev–Trinajstić information content (AvgIpc) is 2.89. The number of ketones is 1. The molecule has 18 heavy (non-hydrogen) atoms. The molecule has 0 atom stereocenters. The maximum absolute atomic E-state index is 12.0. The number of hydrogen-bond donors (Lipinski definition) is 0. The van der Waals surface area contributed by atoms with Crippen LogP contribution < -0.4 is 0 Å². The fourth-order valence-corrected chi connectivity index (χ4v) is 1.58. The topological polar surface area (TPSA) is 65.7 Å². The van der Waals surface area contributed by atoms with Gasteiger partial charge in [-0.25, -0.2) is 4.79 Å². The Morgan fingerprint density at radius 3 is 2.89 bits per heavy atom. The maximum Gasteiger partial charge on any atom is 0.345 e. The smallest absolute Gasteiger partial charge is 0.345 e. The number of furan rings is 1. The number of esters is 1. The van der Waals surface area contributed by atoms with E-state index in [0.29, 0.717) is 5.76 Å². The molecule has 0 bridgehead atoms. The molecule has 0 aliphatic carbocycles. The quantitative estimate of drug-likeness (QED) is 0.465. The number of carbonyl (C=O) groups excluding carboxylic acids is 2. The van der Waals surface area contributed by atoms with Crippen molar-refractivity contribution in [2.75, 3.05) is 6.61 Å². The number of rotatable bonds is 3. The number of hydrogen-bond acceptors (Lipinski definition) is 5. The molecule has 5 heteroatoms. The normalized spacial score (nSPS) is 17.2. The second-order valence-electron chi connectivity index (χ2n) is 3.61. The van der Waals surface area contributed by atoms with Crippen LogP contribution in [0.3, 0.4) is 0 Å². The third kappa shape index (κ3) is 2.20. The molecule has 0 amide bonds. The van der Waals surface area contributed by atoms with E-state index in [1.54, 1.807) is 26.0 Å². The first-order valence-corrected chi connectivity index (χ1v) is 5.49. The van der Waals surface area contributed by atoms with Crippen molar-refractivity contribution in [2.45, 2.75) is 13.8 Å². The van der Waals surface area contributed by atoms with E-state index in [1.165, 1.54) is 12.3 Å². The molecule has 0 saturated heterocycles. The molecule has 1 aliphatic rings. The molecular weight excluding hydrogens is 236 g/mol. The van der Waals surface area contributed by atoms with Gasteiger partial charge in [-0.05, 0) is 26.0 Å². The zero-order chi connectivity index (χ0) is 13.1. The molecule has 5 nitrogen and oxygen atoms in total. The van der Waals surface area contributed by atoms with E-state index < -0.39 is 11.8 Å². The van der Waals surface area contributed by atoms with Crippen LogP contribution in [0.25, 0.3) is 6.08 Å². The summed E-state index contributed by atoms with van der Waals surface area (Å²) in [6, 6.07) is 3.37. The van der Waals surface area contributed by atoms with Crippen molar-refractivity contribution in [3.63, 3.8) is 0 Å². The third-order valence-corrected chi connectivity index (χ3v) is 2.36. The number of Topliss-reactive ketones (excluding diaryl/α,β-unsaturated/α-hetero) is 1. The molecule has 2 heterocycles. The monoisotopic (exact) mass is 248 g/mol. The summed E-state index contributed by atoms with van der Waals surface area (Å²) in [6.07, 6.45) is 2.93. The van der Waals surface area contributed by atoms with Crippen molar-refractivity contribution in [3.05, 3.63) is 41.2 Å². The predicted molar refractivity (Wildman–Crippen MR) is 62.1 cm³/mol. The minimum absolute atomic E-state index is 0.0605. The molecule has 0 saturated carbocycles. The van der Waals surface area contributed by atoms with Crippen LogP contribution in [0, 0.1) is 0 Å². The highest BCUT2D eigenvalue weighted by Gasteiger charge is 2.34. The Kier molecular flexibility index (Phi) is 3.32. The highest BCUT2D eigenvalue weighted by molar-refractivity contribution is 6.26. The second kappa shape index (κ2) is 4.91. The van der Waals surface area contributed by atoms with Gasteiger partial charge < -0.3 is 13.9 Å². The molecule has 1 aliphatic heterocycles. The minimum atomic E-state index is -0.664. The SMILES string of the molecule is CCOC(=O)C1=C(C)O/C(=C/c2ccco2)C1=O. The Morgan fingerprint density at radius 1 is 1.50 bits per heavy atom. The van der Waals surface area contributed by atoms with Gasteiger partial charge in [-0.2, -0.15) is 0 Å². The van der Waals surface area contributed by atoms with Gasteiger partial charge in [0.25, 0.3) is 0 Å². The Bertz CT molecular complexity index is 534. The van der Waals surface area contributed by atoms with Gasteiger partial charge in [-0.3, -0.25) is 4.79 Å². The first kappa shape index (κ1) is 12.2. The highest BCUT2D eigenvalue weighted by Crippen LogP contribution is 2.27. The second-order valence-corrected chi connectivity index (χ2v) is 3.61. The summed E-state index contributed by atoms with van der Waals surface area (Å²) >= 11 is 0. The van der Waals surface area contributed by atoms with Gasteiger partial charge in [0.05, 0.1) is 12.9 Å². The lowest BCUT2D eigenvalue weighted by molar-refractivity contribution is -0.139. The lowest BCUT2D eigenvalue weighted by Crippen LogP contribution is -2.14. The van der Waals surface area contributed by atoms with Gasteiger partial charge in [0, 0.05) is 6.08 Å². The number of ether oxygens (including phenoxy) is 2. The standard InChI is InChI=1S/C13H12O5/c1-3-16-13(15)11-8(2)18-10(12(11)14)7-9-5-4-6-17-9/h4-7H,3H2,1-2H3/b10-7+. The van der Waals surface area contributed by atoms with Crippen molar-refractivity contribution >= 4 is 17.8 Å². The first-order valence-electron chi connectivity index (χ1n) is 5.49. The number of carbonyl (C=O) groups is 2. The third-order valence-electron chi connectivity index (χ3n) is 2.36. The van der Waals surface area contributed by atoms with Crippen LogP contribution in [-0.2, 0) is 19.1 Å². The minimum Gasteiger partial charge on any atom is -0.465 e. The summed E-state index contributed by atoms with van der Waals surface area (Å²) in [5.41, 5.74) is -0.0605. The molecule has 1 aromatic rings. The van der Waals surface area contributed by atoms with Crippen LogP contribution in [0.15, 0.2) is 39.9 Å². The number of allylic oxidation sites excluding steroid dienone is 2. The van der Waals surface area contributed by atoms with Gasteiger partial charge in [0.1, 0.15) is 17.1 Å². The summed E-state index contributed by atoms with van der Waals surface area (Å²) in [4.78, 5) is 23.5. The molecule has 94 valence electrons. The van der Waals surface area contributed by atoms with Crippen molar-refractivity contribution in [3.8, 4) is 0 Å². The van der Waals surface area contributed by atoms with E-state index in [4.69, 9.17) is 13.9 Å². The maximum atomic E-state index is 12.0. The van der Waals surface area contributed by atoms with Crippen LogP contribution in [0.1, 0.15) is 19.6 Å². The van der Waals surface area contributed by atoms with Crippen molar-refractivity contribution < 1.29 is 23.5 Å². The molecule has 0 N–H and O–H groups in total. The van der Waals surface area contributed by atoms with E-state index in [0.717, 1.165) is 0 Å². The van der Waals surface area contributed by atoms with E-state index in [1.807, 2.05) is 0 Å². The van der Waals surface area contributed by atoms with Crippen molar-refractivity contribution in [1.82, 2.24) is 0 Å². The lowest BCUT2D eigenvalue weighted by atomic mass is 10.1. The molecule has 0 spiro atoms. The van der Waals surface area contributed by atoms with Gasteiger partial charge in [0.15, 0.2) is 5.76 Å². The molecule has 1 aromatic heterocycles. The van der Waals surface area contributed by atoms with Gasteiger partial charge in [-0.15, -0.1) is 0 Å². The zero-order valence-corrected chi connectivity index (χ0v) is 10.1. The first-order chi connectivity index (χ1) is 8.63. The van der Waals surface area contributed by atoms with Gasteiger partial charge in [-0.1, -0.05) is 0 Å². The largest absolute Gasteiger partial charge is 0.465 e. The van der Waals surface area contributed by atoms with Crippen LogP contribution in [0.5, 0.6) is 0 Å². The molecule has 0 radical (unpaired) electrons. The molecule has 2 rings (SSSR count). The van der Waals surface area contributed by atoms with E-state index in [2.05, 4.69) is 0 Å². The van der Waals surface area contributed by atoms with Crippen molar-refractivity contribution in [2.24, 2.45) is 0 Å². The Hall–Kier alpha value is -2.30. The summed E-state index contributed by atoms with van der Waals surface area (Å²) < 4.78 is 15.1. The molecule has 0 unspecified atom stereocenters. The van der Waals surface area contributed by atoms with Crippen LogP contribution in [-0.4, -0.2) is 18.4 Å². The summed E-state index contributed by atoms with van der Waals surface area (Å²) in [7, 11) is 0. The summed E-state index contributed by atoms with van der Waals surface area (Å²) in [6.45, 7) is 3.43. The highest BCUT2D eigenvalue weighted by atomic mass is 16.5. The van der Waals surface area contributed by atoms with Crippen LogP contribution >= 0.6 is 0 Å². The predicted octanol–water partition coefficient (Wildman–Crippen LogP) is 2.06. The van der Waals surface area contributed by atoms with E-state index in [-0.39, 0.29) is 23.7 Å².